The molecule has 1 saturated heterocycles. The van der Waals surface area contributed by atoms with Crippen LogP contribution in [0.5, 0.6) is 0 Å². The number of piperazine rings is 1. The summed E-state index contributed by atoms with van der Waals surface area (Å²) in [5, 5.41) is 3.43. The largest absolute Gasteiger partial charge is 0.340 e. The van der Waals surface area contributed by atoms with Crippen molar-refractivity contribution < 1.29 is 4.79 Å². The molecule has 3 nitrogen and oxygen atoms in total. The number of carbonyl (C=O) groups excluding carboxylic acids is 1. The van der Waals surface area contributed by atoms with Crippen molar-refractivity contribution >= 4 is 5.91 Å². The van der Waals surface area contributed by atoms with Crippen molar-refractivity contribution in [2.24, 2.45) is 0 Å². The summed E-state index contributed by atoms with van der Waals surface area (Å²) in [6, 6.07) is 10.4. The molecule has 0 radical (unpaired) electrons. The first-order valence-electron chi connectivity index (χ1n) is 7.14. The number of aryl methyl sites for hydroxylation is 1. The Balaban J connectivity index is 1.75. The highest BCUT2D eigenvalue weighted by Crippen LogP contribution is 2.13. The highest BCUT2D eigenvalue weighted by atomic mass is 16.2. The monoisotopic (exact) mass is 260 g/mol. The standard InChI is InChI=1S/C16H24N2O/c1-16(2)13-18(12-11-17-16)15(19)10-6-9-14-7-4-3-5-8-14/h3-5,7-8,17H,6,9-13H2,1-2H3. The van der Waals surface area contributed by atoms with Crippen LogP contribution in [0.3, 0.4) is 0 Å². The van der Waals surface area contributed by atoms with Crippen molar-refractivity contribution in [3.05, 3.63) is 35.9 Å². The minimum atomic E-state index is 0.0489. The Hall–Kier alpha value is -1.35. The normalized spacial score (nSPS) is 18.3. The maximum atomic E-state index is 12.2. The van der Waals surface area contributed by atoms with E-state index in [-0.39, 0.29) is 5.54 Å². The molecule has 104 valence electrons. The van der Waals surface area contributed by atoms with Gasteiger partial charge in [0.2, 0.25) is 5.91 Å². The van der Waals surface area contributed by atoms with Crippen molar-refractivity contribution in [2.45, 2.75) is 38.6 Å². The molecule has 1 aromatic carbocycles. The number of nitrogens with one attached hydrogen (secondary N) is 1. The van der Waals surface area contributed by atoms with Gasteiger partial charge in [0.1, 0.15) is 0 Å². The number of nitrogens with zero attached hydrogens (tertiary/aromatic N) is 1. The SMILES string of the molecule is CC1(C)CN(C(=O)CCCc2ccccc2)CCN1. The summed E-state index contributed by atoms with van der Waals surface area (Å²) in [7, 11) is 0. The van der Waals surface area contributed by atoms with Gasteiger partial charge in [-0.3, -0.25) is 4.79 Å². The smallest absolute Gasteiger partial charge is 0.222 e. The minimum Gasteiger partial charge on any atom is -0.340 e. The van der Waals surface area contributed by atoms with Gasteiger partial charge in [0.25, 0.3) is 0 Å². The summed E-state index contributed by atoms with van der Waals surface area (Å²) in [5.41, 5.74) is 1.36. The van der Waals surface area contributed by atoms with Crippen LogP contribution in [-0.2, 0) is 11.2 Å². The molecule has 0 saturated carbocycles. The van der Waals surface area contributed by atoms with E-state index in [0.717, 1.165) is 32.5 Å². The molecule has 0 atom stereocenters. The summed E-state index contributed by atoms with van der Waals surface area (Å²) in [5.74, 6) is 0.297. The second-order valence-electron chi connectivity index (χ2n) is 5.97. The number of carbonyl (C=O) groups is 1. The highest BCUT2D eigenvalue weighted by Gasteiger charge is 2.27. The number of hydrogen-bond acceptors (Lipinski definition) is 2. The lowest BCUT2D eigenvalue weighted by Crippen LogP contribution is -2.58. The van der Waals surface area contributed by atoms with Crippen LogP contribution in [0.1, 0.15) is 32.3 Å². The number of hydrogen-bond donors (Lipinski definition) is 1. The van der Waals surface area contributed by atoms with Crippen molar-refractivity contribution in [2.75, 3.05) is 19.6 Å². The fourth-order valence-corrected chi connectivity index (χ4v) is 2.60. The quantitative estimate of drug-likeness (QED) is 0.900. The molecule has 0 unspecified atom stereocenters. The maximum Gasteiger partial charge on any atom is 0.222 e. The summed E-state index contributed by atoms with van der Waals surface area (Å²) < 4.78 is 0. The Morgan fingerprint density at radius 2 is 2.05 bits per heavy atom. The van der Waals surface area contributed by atoms with Crippen LogP contribution in [0.25, 0.3) is 0 Å². The molecular weight excluding hydrogens is 236 g/mol. The number of benzene rings is 1. The zero-order chi connectivity index (χ0) is 13.7. The van der Waals surface area contributed by atoms with Crippen LogP contribution in [-0.4, -0.2) is 36.0 Å². The lowest BCUT2D eigenvalue weighted by Gasteiger charge is -2.39. The molecule has 1 fully saturated rings. The zero-order valence-corrected chi connectivity index (χ0v) is 12.0. The Morgan fingerprint density at radius 1 is 1.32 bits per heavy atom. The lowest BCUT2D eigenvalue weighted by atomic mass is 10.0. The van der Waals surface area contributed by atoms with Gasteiger partial charge in [0, 0.05) is 31.6 Å². The molecule has 3 heteroatoms. The average Bonchev–Trinajstić information content (AvgIpc) is 2.38. The molecule has 1 N–H and O–H groups in total. The highest BCUT2D eigenvalue weighted by molar-refractivity contribution is 5.76. The number of rotatable bonds is 4. The number of amides is 1. The van der Waals surface area contributed by atoms with Crippen molar-refractivity contribution in [1.29, 1.82) is 0 Å². The van der Waals surface area contributed by atoms with Gasteiger partial charge in [0.15, 0.2) is 0 Å². The molecular formula is C16H24N2O. The Morgan fingerprint density at radius 3 is 2.74 bits per heavy atom. The van der Waals surface area contributed by atoms with E-state index in [0.29, 0.717) is 12.3 Å². The van der Waals surface area contributed by atoms with E-state index in [9.17, 15) is 4.79 Å². The molecule has 1 aliphatic rings. The second-order valence-corrected chi connectivity index (χ2v) is 5.97. The Bertz CT molecular complexity index is 414. The summed E-state index contributed by atoms with van der Waals surface area (Å²) in [6.07, 6.45) is 2.58. The van der Waals surface area contributed by atoms with Crippen LogP contribution in [0.15, 0.2) is 30.3 Å². The summed E-state index contributed by atoms with van der Waals surface area (Å²) in [6.45, 7) is 6.86. The third kappa shape index (κ3) is 4.35. The van der Waals surface area contributed by atoms with Crippen molar-refractivity contribution in [3.8, 4) is 0 Å². The first-order valence-corrected chi connectivity index (χ1v) is 7.14. The fourth-order valence-electron chi connectivity index (χ4n) is 2.60. The van der Waals surface area contributed by atoms with E-state index in [4.69, 9.17) is 0 Å². The molecule has 0 spiro atoms. The van der Waals surface area contributed by atoms with E-state index in [2.05, 4.69) is 43.4 Å². The molecule has 1 heterocycles. The summed E-state index contributed by atoms with van der Waals surface area (Å²) in [4.78, 5) is 14.2. The molecule has 0 aliphatic carbocycles. The molecule has 1 amide bonds. The van der Waals surface area contributed by atoms with E-state index in [1.54, 1.807) is 0 Å². The van der Waals surface area contributed by atoms with Crippen LogP contribution < -0.4 is 5.32 Å². The van der Waals surface area contributed by atoms with Crippen LogP contribution >= 0.6 is 0 Å². The van der Waals surface area contributed by atoms with Crippen LogP contribution in [0, 0.1) is 0 Å². The first kappa shape index (κ1) is 14.1. The Kier molecular flexibility index (Phi) is 4.59. The topological polar surface area (TPSA) is 32.3 Å². The summed E-state index contributed by atoms with van der Waals surface area (Å²) >= 11 is 0. The zero-order valence-electron chi connectivity index (χ0n) is 12.0. The molecule has 1 aliphatic heterocycles. The van der Waals surface area contributed by atoms with Crippen LogP contribution in [0.4, 0.5) is 0 Å². The van der Waals surface area contributed by atoms with Crippen molar-refractivity contribution in [1.82, 2.24) is 10.2 Å². The predicted octanol–water partition coefficient (Wildman–Crippen LogP) is 2.22. The third-order valence-electron chi connectivity index (χ3n) is 3.62. The minimum absolute atomic E-state index is 0.0489. The Labute approximate surface area is 116 Å². The lowest BCUT2D eigenvalue weighted by molar-refractivity contribution is -0.133. The van der Waals surface area contributed by atoms with E-state index < -0.39 is 0 Å². The van der Waals surface area contributed by atoms with Crippen LogP contribution in [0.2, 0.25) is 0 Å². The van der Waals surface area contributed by atoms with E-state index in [1.165, 1.54) is 5.56 Å². The van der Waals surface area contributed by atoms with Gasteiger partial charge in [0.05, 0.1) is 0 Å². The third-order valence-corrected chi connectivity index (χ3v) is 3.62. The van der Waals surface area contributed by atoms with Crippen molar-refractivity contribution in [3.63, 3.8) is 0 Å². The van der Waals surface area contributed by atoms with E-state index in [1.807, 2.05) is 11.0 Å². The molecule has 19 heavy (non-hydrogen) atoms. The molecule has 2 rings (SSSR count). The average molecular weight is 260 g/mol. The van der Waals surface area contributed by atoms with Gasteiger partial charge in [-0.15, -0.1) is 0 Å². The first-order chi connectivity index (χ1) is 9.07. The van der Waals surface area contributed by atoms with Gasteiger partial charge < -0.3 is 10.2 Å². The second kappa shape index (κ2) is 6.20. The van der Waals surface area contributed by atoms with Gasteiger partial charge in [-0.25, -0.2) is 0 Å². The molecule has 0 bridgehead atoms. The molecule has 0 aromatic heterocycles. The van der Waals surface area contributed by atoms with Gasteiger partial charge >= 0.3 is 0 Å². The predicted molar refractivity (Wildman–Crippen MR) is 78.0 cm³/mol. The maximum absolute atomic E-state index is 12.2. The van der Waals surface area contributed by atoms with Gasteiger partial charge in [-0.05, 0) is 32.3 Å². The molecule has 1 aromatic rings. The van der Waals surface area contributed by atoms with Gasteiger partial charge in [-0.1, -0.05) is 30.3 Å². The fraction of sp³-hybridized carbons (Fsp3) is 0.562. The van der Waals surface area contributed by atoms with Gasteiger partial charge in [-0.2, -0.15) is 0 Å². The van der Waals surface area contributed by atoms with E-state index >= 15 is 0 Å².